The van der Waals surface area contributed by atoms with Crippen LogP contribution in [0.3, 0.4) is 0 Å². The van der Waals surface area contributed by atoms with E-state index in [-0.39, 0.29) is 36.6 Å². The number of hydrogen-bond donors (Lipinski definition) is 1. The van der Waals surface area contributed by atoms with Gasteiger partial charge in [0, 0.05) is 25.4 Å². The second-order valence-corrected chi connectivity index (χ2v) is 11.2. The van der Waals surface area contributed by atoms with Gasteiger partial charge in [-0.05, 0) is 67.3 Å². The SMILES string of the molecule is C[C@H]1c2cc(OCc3ccc(Cl)cn3)c(C(F)(F)F)cc2CCN1Cc1nc2ccc(C(=O)O)c(F)c2n1C[C@@H]1CCO1. The first-order valence-corrected chi connectivity index (χ1v) is 14.1. The van der Waals surface area contributed by atoms with Gasteiger partial charge in [-0.3, -0.25) is 9.88 Å². The lowest BCUT2D eigenvalue weighted by Gasteiger charge is -2.36. The fraction of sp³-hybridized carbons (Fsp3) is 0.367. The van der Waals surface area contributed by atoms with Gasteiger partial charge < -0.3 is 19.1 Å². The highest BCUT2D eigenvalue weighted by molar-refractivity contribution is 6.30. The average molecular weight is 619 g/mol. The minimum absolute atomic E-state index is 0.0942. The maximum absolute atomic E-state index is 15.4. The molecule has 0 bridgehead atoms. The number of carbonyl (C=O) groups is 1. The first-order chi connectivity index (χ1) is 20.5. The highest BCUT2D eigenvalue weighted by atomic mass is 35.5. The summed E-state index contributed by atoms with van der Waals surface area (Å²) in [5.74, 6) is -2.02. The van der Waals surface area contributed by atoms with Crippen molar-refractivity contribution >= 4 is 28.6 Å². The number of carboxylic acids is 1. The minimum atomic E-state index is -4.62. The van der Waals surface area contributed by atoms with Gasteiger partial charge in [-0.15, -0.1) is 0 Å². The highest BCUT2D eigenvalue weighted by Crippen LogP contribution is 2.42. The summed E-state index contributed by atoms with van der Waals surface area (Å²) in [5.41, 5.74) is 0.798. The molecule has 226 valence electrons. The topological polar surface area (TPSA) is 89.7 Å². The summed E-state index contributed by atoms with van der Waals surface area (Å²) in [6, 6.07) is 8.12. The van der Waals surface area contributed by atoms with Crippen molar-refractivity contribution in [3.05, 3.63) is 87.2 Å². The number of aromatic carboxylic acids is 1. The molecule has 1 saturated heterocycles. The molecule has 0 spiro atoms. The number of alkyl halides is 3. The molecule has 2 aromatic carbocycles. The maximum atomic E-state index is 15.4. The van der Waals surface area contributed by atoms with E-state index in [0.717, 1.165) is 12.5 Å². The Morgan fingerprint density at radius 1 is 1.23 bits per heavy atom. The van der Waals surface area contributed by atoms with Gasteiger partial charge >= 0.3 is 12.1 Å². The lowest BCUT2D eigenvalue weighted by molar-refractivity contribution is -0.139. The average Bonchev–Trinajstić information content (AvgIpc) is 3.28. The lowest BCUT2D eigenvalue weighted by Crippen LogP contribution is -2.36. The van der Waals surface area contributed by atoms with E-state index in [1.165, 1.54) is 24.4 Å². The van der Waals surface area contributed by atoms with Crippen molar-refractivity contribution in [1.29, 1.82) is 0 Å². The monoisotopic (exact) mass is 618 g/mol. The number of ether oxygens (including phenoxy) is 2. The van der Waals surface area contributed by atoms with Gasteiger partial charge in [0.05, 0.1) is 46.6 Å². The van der Waals surface area contributed by atoms with E-state index < -0.39 is 29.1 Å². The molecule has 0 amide bonds. The molecule has 6 rings (SSSR count). The van der Waals surface area contributed by atoms with E-state index in [1.54, 1.807) is 16.7 Å². The zero-order valence-electron chi connectivity index (χ0n) is 23.0. The van der Waals surface area contributed by atoms with E-state index in [9.17, 15) is 23.1 Å². The number of pyridine rings is 1. The van der Waals surface area contributed by atoms with Crippen LogP contribution >= 0.6 is 11.6 Å². The van der Waals surface area contributed by atoms with Crippen molar-refractivity contribution in [2.45, 2.75) is 57.8 Å². The van der Waals surface area contributed by atoms with Crippen LogP contribution in [0.4, 0.5) is 17.6 Å². The molecule has 4 aromatic rings. The van der Waals surface area contributed by atoms with E-state index in [0.29, 0.717) is 59.3 Å². The summed E-state index contributed by atoms with van der Waals surface area (Å²) in [6.45, 7) is 3.31. The van der Waals surface area contributed by atoms with Crippen molar-refractivity contribution in [3.63, 3.8) is 0 Å². The van der Waals surface area contributed by atoms with Gasteiger partial charge in [-0.25, -0.2) is 14.2 Å². The second kappa shape index (κ2) is 11.4. The lowest BCUT2D eigenvalue weighted by atomic mass is 9.91. The number of hydrogen-bond acceptors (Lipinski definition) is 6. The van der Waals surface area contributed by atoms with Gasteiger partial charge in [0.1, 0.15) is 23.7 Å². The molecule has 43 heavy (non-hydrogen) atoms. The number of imidazole rings is 1. The number of fused-ring (bicyclic) bond motifs is 2. The molecule has 2 aromatic heterocycles. The third kappa shape index (κ3) is 5.78. The number of carboxylic acid groups (broad SMARTS) is 1. The van der Waals surface area contributed by atoms with Gasteiger partial charge in [0.25, 0.3) is 0 Å². The maximum Gasteiger partial charge on any atom is 0.419 e. The summed E-state index contributed by atoms with van der Waals surface area (Å²) >= 11 is 5.86. The first-order valence-electron chi connectivity index (χ1n) is 13.7. The van der Waals surface area contributed by atoms with Crippen molar-refractivity contribution in [2.75, 3.05) is 13.2 Å². The molecule has 0 radical (unpaired) electrons. The molecule has 2 aliphatic heterocycles. The number of nitrogens with zero attached hydrogens (tertiary/aromatic N) is 4. The Bertz CT molecular complexity index is 1690. The molecule has 1 N–H and O–H groups in total. The van der Waals surface area contributed by atoms with Crippen LogP contribution in [0, 0.1) is 5.82 Å². The Labute approximate surface area is 248 Å². The Balaban J connectivity index is 1.32. The standard InChI is InChI=1S/C30H27ClF4N4O4/c1-16-22-11-25(43-15-19-3-2-18(31)12-36-19)23(30(33,34)35)10-17(22)6-8-38(16)14-26-37-24-5-4-21(29(40)41)27(32)28(24)39(26)13-20-7-9-42-20/h2-5,10-12,16,20H,6-9,13-15H2,1H3,(H,40,41)/t16-,20-/m0/s1. The van der Waals surface area contributed by atoms with Crippen LogP contribution in [0.15, 0.2) is 42.6 Å². The molecule has 0 unspecified atom stereocenters. The summed E-state index contributed by atoms with van der Waals surface area (Å²) < 4.78 is 70.4. The van der Waals surface area contributed by atoms with Crippen LogP contribution < -0.4 is 4.74 Å². The predicted octanol–water partition coefficient (Wildman–Crippen LogP) is 6.43. The summed E-state index contributed by atoms with van der Waals surface area (Å²) in [5, 5.41) is 9.87. The molecule has 0 saturated carbocycles. The zero-order chi connectivity index (χ0) is 30.5. The number of halogens is 5. The van der Waals surface area contributed by atoms with E-state index in [2.05, 4.69) is 14.9 Å². The Kier molecular flexibility index (Phi) is 7.78. The van der Waals surface area contributed by atoms with Crippen molar-refractivity contribution < 1.29 is 36.9 Å². The van der Waals surface area contributed by atoms with Gasteiger partial charge in [-0.2, -0.15) is 13.2 Å². The third-order valence-electron chi connectivity index (χ3n) is 8.06. The van der Waals surface area contributed by atoms with Crippen molar-refractivity contribution in [3.8, 4) is 5.75 Å². The molecular formula is C30H27ClF4N4O4. The molecule has 2 atom stereocenters. The molecule has 1 fully saturated rings. The predicted molar refractivity (Wildman–Crippen MR) is 149 cm³/mol. The molecule has 8 nitrogen and oxygen atoms in total. The van der Waals surface area contributed by atoms with Crippen LogP contribution in [0.5, 0.6) is 5.75 Å². The quantitative estimate of drug-likeness (QED) is 0.228. The van der Waals surface area contributed by atoms with Gasteiger partial charge in [-0.1, -0.05) is 11.6 Å². The zero-order valence-corrected chi connectivity index (χ0v) is 23.8. The van der Waals surface area contributed by atoms with Crippen molar-refractivity contribution in [2.24, 2.45) is 0 Å². The summed E-state index contributed by atoms with van der Waals surface area (Å²) in [7, 11) is 0. The Hall–Kier alpha value is -3.74. The number of rotatable bonds is 8. The fourth-order valence-corrected chi connectivity index (χ4v) is 5.74. The highest BCUT2D eigenvalue weighted by Gasteiger charge is 2.37. The van der Waals surface area contributed by atoms with Crippen LogP contribution in [-0.2, 0) is 37.0 Å². The largest absolute Gasteiger partial charge is 0.487 e. The van der Waals surface area contributed by atoms with Crippen LogP contribution in [0.25, 0.3) is 11.0 Å². The molecule has 0 aliphatic carbocycles. The van der Waals surface area contributed by atoms with Crippen LogP contribution in [-0.4, -0.2) is 49.8 Å². The normalized spacial score (nSPS) is 18.8. The van der Waals surface area contributed by atoms with E-state index in [4.69, 9.17) is 21.1 Å². The Morgan fingerprint density at radius 2 is 2.02 bits per heavy atom. The van der Waals surface area contributed by atoms with E-state index in [1.807, 2.05) is 6.92 Å². The smallest absolute Gasteiger partial charge is 0.419 e. The second-order valence-electron chi connectivity index (χ2n) is 10.7. The van der Waals surface area contributed by atoms with Crippen LogP contribution in [0.1, 0.15) is 58.0 Å². The van der Waals surface area contributed by atoms with E-state index >= 15 is 4.39 Å². The summed E-state index contributed by atoms with van der Waals surface area (Å²) in [4.78, 5) is 22.4. The minimum Gasteiger partial charge on any atom is -0.487 e. The third-order valence-corrected chi connectivity index (χ3v) is 8.28. The van der Waals surface area contributed by atoms with Crippen molar-refractivity contribution in [1.82, 2.24) is 19.4 Å². The molecular weight excluding hydrogens is 592 g/mol. The number of aromatic nitrogens is 3. The molecule has 4 heterocycles. The first kappa shape index (κ1) is 29.3. The Morgan fingerprint density at radius 3 is 2.67 bits per heavy atom. The molecule has 2 aliphatic rings. The summed E-state index contributed by atoms with van der Waals surface area (Å²) in [6.07, 6.45) is -2.24. The van der Waals surface area contributed by atoms with Crippen LogP contribution in [0.2, 0.25) is 5.02 Å². The fourth-order valence-electron chi connectivity index (χ4n) is 5.63. The number of benzene rings is 2. The molecule has 13 heteroatoms. The van der Waals surface area contributed by atoms with Gasteiger partial charge in [0.15, 0.2) is 5.82 Å². The van der Waals surface area contributed by atoms with Gasteiger partial charge in [0.2, 0.25) is 0 Å².